The fourth-order valence-corrected chi connectivity index (χ4v) is 3.09. The maximum Gasteiger partial charge on any atom is 0.278 e. The molecule has 2 aromatic carbocycles. The van der Waals surface area contributed by atoms with Crippen LogP contribution in [0.4, 0.5) is 0 Å². The van der Waals surface area contributed by atoms with Gasteiger partial charge in [0.1, 0.15) is 23.3 Å². The summed E-state index contributed by atoms with van der Waals surface area (Å²) in [6.45, 7) is 4.22. The number of rotatable bonds is 8. The summed E-state index contributed by atoms with van der Waals surface area (Å²) in [6.07, 6.45) is -0.0754. The van der Waals surface area contributed by atoms with Crippen molar-refractivity contribution in [1.29, 1.82) is 0 Å². The summed E-state index contributed by atoms with van der Waals surface area (Å²) in [5.74, 6) is -0.955. The number of aryl methyl sites for hydroxylation is 1. The number of hydrogen-bond donors (Lipinski definition) is 2. The average molecular weight is 412 g/mol. The predicted octanol–water partition coefficient (Wildman–Crippen LogP) is 1.88. The van der Waals surface area contributed by atoms with E-state index >= 15 is 0 Å². The first-order valence-corrected chi connectivity index (χ1v) is 9.63. The molecule has 1 aliphatic heterocycles. The molecular weight excluding hydrogens is 388 g/mol. The molecule has 1 aliphatic rings. The van der Waals surface area contributed by atoms with Crippen LogP contribution in [0, 0.1) is 6.92 Å². The summed E-state index contributed by atoms with van der Waals surface area (Å²) in [7, 11) is 0. The van der Waals surface area contributed by atoms with E-state index in [1.165, 1.54) is 0 Å². The topological polar surface area (TPSA) is 117 Å². The molecule has 3 N–H and O–H groups in total. The van der Waals surface area contributed by atoms with Gasteiger partial charge in [0, 0.05) is 13.0 Å². The van der Waals surface area contributed by atoms with Crippen molar-refractivity contribution < 1.29 is 28.6 Å². The lowest BCUT2D eigenvalue weighted by Gasteiger charge is -2.36. The maximum atomic E-state index is 12.8. The second-order valence-corrected chi connectivity index (χ2v) is 6.88. The fraction of sp³-hybridized carbons (Fsp3) is 0.318. The zero-order valence-corrected chi connectivity index (χ0v) is 16.8. The first kappa shape index (κ1) is 21.5. The third-order valence-corrected chi connectivity index (χ3v) is 4.81. The predicted molar refractivity (Wildman–Crippen MR) is 108 cm³/mol. The molecule has 2 atom stereocenters. The number of carbonyl (C=O) groups is 3. The minimum atomic E-state index is -1.94. The number of piperidine rings is 1. The van der Waals surface area contributed by atoms with E-state index in [2.05, 4.69) is 5.32 Å². The van der Waals surface area contributed by atoms with Crippen molar-refractivity contribution in [2.75, 3.05) is 13.2 Å². The van der Waals surface area contributed by atoms with Crippen molar-refractivity contribution >= 4 is 17.6 Å². The summed E-state index contributed by atoms with van der Waals surface area (Å²) in [6, 6.07) is 12.6. The molecule has 0 aromatic heterocycles. The van der Waals surface area contributed by atoms with E-state index in [1.807, 2.05) is 31.2 Å². The molecule has 158 valence electrons. The molecule has 0 bridgehead atoms. The molecule has 0 radical (unpaired) electrons. The Balaban J connectivity index is 1.82. The fourth-order valence-electron chi connectivity index (χ4n) is 3.09. The minimum absolute atomic E-state index is 0.0754. The van der Waals surface area contributed by atoms with Crippen LogP contribution in [0.3, 0.4) is 0 Å². The highest BCUT2D eigenvalue weighted by Gasteiger charge is 2.56. The molecule has 2 unspecified atom stereocenters. The van der Waals surface area contributed by atoms with Crippen molar-refractivity contribution in [2.45, 2.75) is 31.9 Å². The quantitative estimate of drug-likeness (QED) is 0.386. The standard InChI is InChI=1S/C22H24N2O6/c1-3-28-13-12-22(19(25)18(23)20(26)24-21(22)27)30-16-10-8-15(9-11-16)29-17-7-5-4-6-14(17)2/h4-11,18H,3,12-13,23H2,1-2H3,(H,24,26,27). The molecule has 2 aromatic rings. The van der Waals surface area contributed by atoms with Crippen LogP contribution in [0.15, 0.2) is 48.5 Å². The summed E-state index contributed by atoms with van der Waals surface area (Å²) in [4.78, 5) is 37.2. The van der Waals surface area contributed by atoms with Crippen molar-refractivity contribution in [3.63, 3.8) is 0 Å². The van der Waals surface area contributed by atoms with Gasteiger partial charge in [-0.1, -0.05) is 18.2 Å². The molecule has 8 nitrogen and oxygen atoms in total. The number of para-hydroxylation sites is 1. The van der Waals surface area contributed by atoms with Gasteiger partial charge >= 0.3 is 0 Å². The van der Waals surface area contributed by atoms with Crippen molar-refractivity contribution in [2.24, 2.45) is 5.73 Å². The van der Waals surface area contributed by atoms with E-state index in [-0.39, 0.29) is 18.8 Å². The van der Waals surface area contributed by atoms with Gasteiger partial charge in [0.15, 0.2) is 0 Å². The number of Topliss-reactive ketones (excluding diaryl/α,β-unsaturated/α-hetero) is 1. The summed E-state index contributed by atoms with van der Waals surface area (Å²) in [5.41, 5.74) is 4.73. The van der Waals surface area contributed by atoms with Gasteiger partial charge < -0.3 is 19.9 Å². The van der Waals surface area contributed by atoms with E-state index in [0.29, 0.717) is 18.1 Å². The van der Waals surface area contributed by atoms with Crippen LogP contribution in [0.2, 0.25) is 0 Å². The van der Waals surface area contributed by atoms with Gasteiger partial charge in [-0.3, -0.25) is 19.7 Å². The van der Waals surface area contributed by atoms with Crippen LogP contribution in [-0.2, 0) is 19.1 Å². The summed E-state index contributed by atoms with van der Waals surface area (Å²) in [5, 5.41) is 2.12. The monoisotopic (exact) mass is 412 g/mol. The van der Waals surface area contributed by atoms with E-state index in [4.69, 9.17) is 19.9 Å². The van der Waals surface area contributed by atoms with E-state index < -0.39 is 29.2 Å². The highest BCUT2D eigenvalue weighted by molar-refractivity contribution is 6.27. The first-order chi connectivity index (χ1) is 14.4. The van der Waals surface area contributed by atoms with Gasteiger partial charge in [-0.05, 0) is 49.7 Å². The molecule has 8 heteroatoms. The number of nitrogens with one attached hydrogen (secondary N) is 1. The molecule has 1 saturated heterocycles. The third kappa shape index (κ3) is 4.34. The number of hydrogen-bond acceptors (Lipinski definition) is 7. The molecule has 1 fully saturated rings. The summed E-state index contributed by atoms with van der Waals surface area (Å²) >= 11 is 0. The molecular formula is C22H24N2O6. The number of imide groups is 1. The molecule has 1 heterocycles. The molecule has 30 heavy (non-hydrogen) atoms. The van der Waals surface area contributed by atoms with Crippen LogP contribution in [0.25, 0.3) is 0 Å². The van der Waals surface area contributed by atoms with E-state index in [9.17, 15) is 14.4 Å². The van der Waals surface area contributed by atoms with Crippen LogP contribution in [0.1, 0.15) is 18.9 Å². The Morgan fingerprint density at radius 2 is 1.70 bits per heavy atom. The zero-order chi connectivity index (χ0) is 21.7. The lowest BCUT2D eigenvalue weighted by atomic mass is 9.85. The maximum absolute atomic E-state index is 12.8. The third-order valence-electron chi connectivity index (χ3n) is 4.81. The molecule has 3 rings (SSSR count). The Hall–Kier alpha value is -3.23. The molecule has 2 amide bonds. The first-order valence-electron chi connectivity index (χ1n) is 9.63. The Labute approximate surface area is 174 Å². The van der Waals surface area contributed by atoms with Crippen LogP contribution < -0.4 is 20.5 Å². The Morgan fingerprint density at radius 3 is 2.37 bits per heavy atom. The normalized spacial score (nSPS) is 21.3. The minimum Gasteiger partial charge on any atom is -0.469 e. The van der Waals surface area contributed by atoms with E-state index in [0.717, 1.165) is 5.56 Å². The van der Waals surface area contributed by atoms with Crippen LogP contribution in [-0.4, -0.2) is 42.5 Å². The Bertz CT molecular complexity index is 943. The van der Waals surface area contributed by atoms with Gasteiger partial charge in [-0.25, -0.2) is 0 Å². The van der Waals surface area contributed by atoms with Gasteiger partial charge in [0.2, 0.25) is 11.4 Å². The van der Waals surface area contributed by atoms with Gasteiger partial charge in [-0.2, -0.15) is 0 Å². The zero-order valence-electron chi connectivity index (χ0n) is 16.8. The number of ketones is 1. The lowest BCUT2D eigenvalue weighted by Crippen LogP contribution is -2.70. The second kappa shape index (κ2) is 9.06. The SMILES string of the molecule is CCOCCC1(Oc2ccc(Oc3ccccc3C)cc2)C(=O)NC(=O)C(N)C1=O. The largest absolute Gasteiger partial charge is 0.469 e. The average Bonchev–Trinajstić information content (AvgIpc) is 2.74. The van der Waals surface area contributed by atoms with Gasteiger partial charge in [-0.15, -0.1) is 0 Å². The Morgan fingerprint density at radius 1 is 1.03 bits per heavy atom. The highest BCUT2D eigenvalue weighted by atomic mass is 16.5. The molecule has 0 saturated carbocycles. The molecule has 0 aliphatic carbocycles. The van der Waals surface area contributed by atoms with Gasteiger partial charge in [0.05, 0.1) is 6.61 Å². The Kier molecular flexibility index (Phi) is 6.49. The molecule has 0 spiro atoms. The number of amides is 2. The second-order valence-electron chi connectivity index (χ2n) is 6.88. The number of ether oxygens (including phenoxy) is 3. The highest BCUT2D eigenvalue weighted by Crippen LogP contribution is 2.30. The van der Waals surface area contributed by atoms with Crippen molar-refractivity contribution in [1.82, 2.24) is 5.32 Å². The van der Waals surface area contributed by atoms with E-state index in [1.54, 1.807) is 31.2 Å². The van der Waals surface area contributed by atoms with Crippen LogP contribution in [0.5, 0.6) is 17.2 Å². The van der Waals surface area contributed by atoms with Crippen molar-refractivity contribution in [3.8, 4) is 17.2 Å². The lowest BCUT2D eigenvalue weighted by molar-refractivity contribution is -0.159. The van der Waals surface area contributed by atoms with Crippen molar-refractivity contribution in [3.05, 3.63) is 54.1 Å². The van der Waals surface area contributed by atoms with Crippen LogP contribution >= 0.6 is 0 Å². The number of carbonyl (C=O) groups excluding carboxylic acids is 3. The smallest absolute Gasteiger partial charge is 0.278 e. The number of nitrogens with two attached hydrogens (primary N) is 1. The van der Waals surface area contributed by atoms with Gasteiger partial charge in [0.25, 0.3) is 11.8 Å². The summed E-state index contributed by atoms with van der Waals surface area (Å²) < 4.78 is 17.0. The number of benzene rings is 2.